The predicted octanol–water partition coefficient (Wildman–Crippen LogP) is 2.04. The van der Waals surface area contributed by atoms with Gasteiger partial charge in [-0.05, 0) is 47.3 Å². The molecule has 0 aromatic carbocycles. The maximum atomic E-state index is 12.4. The van der Waals surface area contributed by atoms with Crippen molar-refractivity contribution in [2.24, 2.45) is 11.7 Å². The van der Waals surface area contributed by atoms with Gasteiger partial charge in [0.15, 0.2) is 0 Å². The van der Waals surface area contributed by atoms with E-state index in [1.807, 2.05) is 11.9 Å². The summed E-state index contributed by atoms with van der Waals surface area (Å²) in [5.74, 6) is 0.452. The molecule has 1 saturated carbocycles. The molecule has 1 aliphatic rings. The summed E-state index contributed by atoms with van der Waals surface area (Å²) in [6.07, 6.45) is 6.60. The lowest BCUT2D eigenvalue weighted by atomic mass is 10.0. The highest BCUT2D eigenvalue weighted by Crippen LogP contribution is 2.29. The Bertz CT molecular complexity index is 438. The molecule has 0 bridgehead atoms. The van der Waals surface area contributed by atoms with E-state index in [0.717, 1.165) is 23.7 Å². The lowest BCUT2D eigenvalue weighted by Crippen LogP contribution is -2.41. The molecular weight excluding hydrogens is 294 g/mol. The molecule has 18 heavy (non-hydrogen) atoms. The number of pyridine rings is 1. The van der Waals surface area contributed by atoms with Crippen LogP contribution >= 0.6 is 15.9 Å². The van der Waals surface area contributed by atoms with Crippen molar-refractivity contribution in [3.8, 4) is 0 Å². The van der Waals surface area contributed by atoms with Crippen molar-refractivity contribution in [3.05, 3.63) is 28.5 Å². The number of hydrogen-bond acceptors (Lipinski definition) is 3. The highest BCUT2D eigenvalue weighted by Gasteiger charge is 2.32. The van der Waals surface area contributed by atoms with Crippen LogP contribution in [0, 0.1) is 5.92 Å². The monoisotopic (exact) mass is 311 g/mol. The van der Waals surface area contributed by atoms with Crippen LogP contribution in [0.25, 0.3) is 0 Å². The molecule has 1 aromatic heterocycles. The summed E-state index contributed by atoms with van der Waals surface area (Å²) >= 11 is 3.34. The van der Waals surface area contributed by atoms with E-state index in [-0.39, 0.29) is 11.9 Å². The van der Waals surface area contributed by atoms with Gasteiger partial charge in [0.05, 0.1) is 5.56 Å². The van der Waals surface area contributed by atoms with Gasteiger partial charge in [0.1, 0.15) is 0 Å². The van der Waals surface area contributed by atoms with E-state index in [0.29, 0.717) is 18.0 Å². The molecule has 0 saturated heterocycles. The first kappa shape index (κ1) is 13.5. The molecule has 2 atom stereocenters. The van der Waals surface area contributed by atoms with Gasteiger partial charge in [-0.25, -0.2) is 0 Å². The van der Waals surface area contributed by atoms with Crippen molar-refractivity contribution < 1.29 is 4.79 Å². The largest absolute Gasteiger partial charge is 0.338 e. The highest BCUT2D eigenvalue weighted by atomic mass is 79.9. The average Bonchev–Trinajstić information content (AvgIpc) is 2.85. The third-order valence-electron chi connectivity index (χ3n) is 3.69. The minimum Gasteiger partial charge on any atom is -0.338 e. The first-order valence-electron chi connectivity index (χ1n) is 6.21. The van der Waals surface area contributed by atoms with E-state index >= 15 is 0 Å². The van der Waals surface area contributed by atoms with Crippen molar-refractivity contribution >= 4 is 21.8 Å². The molecule has 2 unspecified atom stereocenters. The molecular formula is C13H18BrN3O. The Hall–Kier alpha value is -0.940. The zero-order chi connectivity index (χ0) is 13.1. The summed E-state index contributed by atoms with van der Waals surface area (Å²) < 4.78 is 0.823. The lowest BCUT2D eigenvalue weighted by molar-refractivity contribution is 0.0699. The number of halogens is 1. The Morgan fingerprint density at radius 3 is 3.00 bits per heavy atom. The molecule has 2 rings (SSSR count). The first-order chi connectivity index (χ1) is 8.63. The summed E-state index contributed by atoms with van der Waals surface area (Å²) in [7, 11) is 1.86. The molecule has 1 fully saturated rings. The number of carbonyl (C=O) groups excluding carboxylic acids is 1. The fourth-order valence-corrected chi connectivity index (χ4v) is 3.05. The number of rotatable bonds is 3. The Labute approximate surface area is 116 Å². The third kappa shape index (κ3) is 2.72. The fraction of sp³-hybridized carbons (Fsp3) is 0.538. The van der Waals surface area contributed by atoms with Crippen LogP contribution in [0.5, 0.6) is 0 Å². The van der Waals surface area contributed by atoms with Gasteiger partial charge in [-0.2, -0.15) is 0 Å². The summed E-state index contributed by atoms with van der Waals surface area (Å²) in [4.78, 5) is 18.2. The summed E-state index contributed by atoms with van der Waals surface area (Å²) in [6, 6.07) is 2.07. The molecule has 1 aromatic rings. The van der Waals surface area contributed by atoms with Crippen LogP contribution in [0.1, 0.15) is 29.6 Å². The van der Waals surface area contributed by atoms with Gasteiger partial charge in [0, 0.05) is 30.0 Å². The van der Waals surface area contributed by atoms with E-state index < -0.39 is 0 Å². The van der Waals surface area contributed by atoms with Gasteiger partial charge in [-0.15, -0.1) is 0 Å². The van der Waals surface area contributed by atoms with Crippen molar-refractivity contribution in [2.45, 2.75) is 25.3 Å². The molecule has 5 heteroatoms. The van der Waals surface area contributed by atoms with Crippen molar-refractivity contribution in [1.82, 2.24) is 9.88 Å². The SMILES string of the molecule is CN(C(=O)c1cncc(Br)c1)C1CCCC1CN. The van der Waals surface area contributed by atoms with Crippen LogP contribution in [0.3, 0.4) is 0 Å². The van der Waals surface area contributed by atoms with Crippen molar-refractivity contribution in [1.29, 1.82) is 0 Å². The minimum atomic E-state index is 0.0224. The molecule has 1 aliphatic carbocycles. The minimum absolute atomic E-state index is 0.0224. The number of amides is 1. The summed E-state index contributed by atoms with van der Waals surface area (Å²) in [5.41, 5.74) is 6.39. The average molecular weight is 312 g/mol. The zero-order valence-electron chi connectivity index (χ0n) is 10.5. The predicted molar refractivity (Wildman–Crippen MR) is 74.2 cm³/mol. The molecule has 1 heterocycles. The Morgan fingerprint density at radius 2 is 2.33 bits per heavy atom. The molecule has 0 spiro atoms. The summed E-state index contributed by atoms with van der Waals surface area (Å²) in [6.45, 7) is 0.652. The van der Waals surface area contributed by atoms with Crippen LogP contribution in [0.2, 0.25) is 0 Å². The number of hydrogen-bond donors (Lipinski definition) is 1. The van der Waals surface area contributed by atoms with Gasteiger partial charge in [-0.1, -0.05) is 6.42 Å². The second kappa shape index (κ2) is 5.80. The Kier molecular flexibility index (Phi) is 4.35. The van der Waals surface area contributed by atoms with Crippen molar-refractivity contribution in [2.75, 3.05) is 13.6 Å². The van der Waals surface area contributed by atoms with E-state index in [2.05, 4.69) is 20.9 Å². The normalized spacial score (nSPS) is 23.1. The van der Waals surface area contributed by atoms with Gasteiger partial charge in [0.25, 0.3) is 5.91 Å². The number of nitrogens with zero attached hydrogens (tertiary/aromatic N) is 2. The fourth-order valence-electron chi connectivity index (χ4n) is 2.69. The first-order valence-corrected chi connectivity index (χ1v) is 7.00. The Morgan fingerprint density at radius 1 is 1.56 bits per heavy atom. The molecule has 2 N–H and O–H groups in total. The second-order valence-corrected chi connectivity index (χ2v) is 5.72. The van der Waals surface area contributed by atoms with Crippen LogP contribution < -0.4 is 5.73 Å². The number of carbonyl (C=O) groups is 1. The van der Waals surface area contributed by atoms with E-state index in [1.54, 1.807) is 18.5 Å². The molecule has 0 radical (unpaired) electrons. The smallest absolute Gasteiger partial charge is 0.255 e. The van der Waals surface area contributed by atoms with Gasteiger partial charge < -0.3 is 10.6 Å². The molecule has 0 aliphatic heterocycles. The van der Waals surface area contributed by atoms with Gasteiger partial charge >= 0.3 is 0 Å². The van der Waals surface area contributed by atoms with E-state index in [9.17, 15) is 4.79 Å². The standard InChI is InChI=1S/C13H18BrN3O/c1-17(12-4-2-3-9(12)6-15)13(18)10-5-11(14)8-16-7-10/h5,7-9,12H,2-4,6,15H2,1H3. The molecule has 4 nitrogen and oxygen atoms in total. The molecule has 1 amide bonds. The van der Waals surface area contributed by atoms with E-state index in [1.165, 1.54) is 0 Å². The van der Waals surface area contributed by atoms with Gasteiger partial charge in [0.2, 0.25) is 0 Å². The summed E-state index contributed by atoms with van der Waals surface area (Å²) in [5, 5.41) is 0. The van der Waals surface area contributed by atoms with Crippen molar-refractivity contribution in [3.63, 3.8) is 0 Å². The number of aromatic nitrogens is 1. The lowest BCUT2D eigenvalue weighted by Gasteiger charge is -2.29. The molecule has 98 valence electrons. The van der Waals surface area contributed by atoms with Crippen LogP contribution in [0.15, 0.2) is 22.9 Å². The second-order valence-electron chi connectivity index (χ2n) is 4.80. The number of nitrogens with two attached hydrogens (primary N) is 1. The van der Waals surface area contributed by atoms with Crippen LogP contribution in [-0.4, -0.2) is 35.4 Å². The third-order valence-corrected chi connectivity index (χ3v) is 4.13. The maximum absolute atomic E-state index is 12.4. The highest BCUT2D eigenvalue weighted by molar-refractivity contribution is 9.10. The van der Waals surface area contributed by atoms with E-state index in [4.69, 9.17) is 5.73 Å². The van der Waals surface area contributed by atoms with Crippen LogP contribution in [-0.2, 0) is 0 Å². The quantitative estimate of drug-likeness (QED) is 0.929. The zero-order valence-corrected chi connectivity index (χ0v) is 12.1. The topological polar surface area (TPSA) is 59.2 Å². The Balaban J connectivity index is 2.13. The van der Waals surface area contributed by atoms with Gasteiger partial charge in [-0.3, -0.25) is 9.78 Å². The maximum Gasteiger partial charge on any atom is 0.255 e. The van der Waals surface area contributed by atoms with Crippen LogP contribution in [0.4, 0.5) is 0 Å².